The van der Waals surface area contributed by atoms with E-state index in [0.717, 1.165) is 42.9 Å². The fourth-order valence-electron chi connectivity index (χ4n) is 3.68. The van der Waals surface area contributed by atoms with E-state index in [2.05, 4.69) is 15.7 Å². The van der Waals surface area contributed by atoms with Crippen LogP contribution < -0.4 is 10.6 Å². The number of rotatable bonds is 4. The number of halogens is 2. The van der Waals surface area contributed by atoms with Gasteiger partial charge in [-0.2, -0.15) is 5.10 Å². The van der Waals surface area contributed by atoms with Crippen LogP contribution in [0.4, 0.5) is 10.1 Å². The average Bonchev–Trinajstić information content (AvgIpc) is 3.17. The maximum absolute atomic E-state index is 13.4. The molecule has 1 fully saturated rings. The predicted octanol–water partition coefficient (Wildman–Crippen LogP) is 4.69. The standard InChI is InChI=1S/C22H22ClFN4O/c1-14-2-5-17(12-20(14)23)27-22(29)19-13-26-28(18-6-3-16(24)4-7-18)21(19)15-8-10-25-11-9-15/h2-7,12-13,15,25H,8-11H2,1H3,(H,27,29). The smallest absolute Gasteiger partial charge is 0.259 e. The lowest BCUT2D eigenvalue weighted by atomic mass is 9.91. The maximum atomic E-state index is 13.4. The lowest BCUT2D eigenvalue weighted by molar-refractivity contribution is 0.102. The Kier molecular flexibility index (Phi) is 5.65. The molecule has 3 aromatic rings. The zero-order valence-corrected chi connectivity index (χ0v) is 16.8. The van der Waals surface area contributed by atoms with Crippen molar-refractivity contribution in [2.45, 2.75) is 25.7 Å². The SMILES string of the molecule is Cc1ccc(NC(=O)c2cnn(-c3ccc(F)cc3)c2C2CCNCC2)cc1Cl. The van der Waals surface area contributed by atoms with Crippen molar-refractivity contribution in [2.75, 3.05) is 18.4 Å². The van der Waals surface area contributed by atoms with Crippen LogP contribution in [0, 0.1) is 12.7 Å². The van der Waals surface area contributed by atoms with Crippen LogP contribution >= 0.6 is 11.6 Å². The number of aromatic nitrogens is 2. The highest BCUT2D eigenvalue weighted by Gasteiger charge is 2.27. The number of anilines is 1. The summed E-state index contributed by atoms with van der Waals surface area (Å²) in [6.07, 6.45) is 3.40. The molecule has 7 heteroatoms. The quantitative estimate of drug-likeness (QED) is 0.653. The van der Waals surface area contributed by atoms with Crippen LogP contribution in [-0.4, -0.2) is 28.8 Å². The van der Waals surface area contributed by atoms with E-state index in [1.165, 1.54) is 12.1 Å². The van der Waals surface area contributed by atoms with E-state index in [4.69, 9.17) is 11.6 Å². The molecule has 1 amide bonds. The van der Waals surface area contributed by atoms with Crippen LogP contribution in [0.5, 0.6) is 0 Å². The Balaban J connectivity index is 1.70. The van der Waals surface area contributed by atoms with Gasteiger partial charge < -0.3 is 10.6 Å². The largest absolute Gasteiger partial charge is 0.322 e. The number of benzene rings is 2. The van der Waals surface area contributed by atoms with Crippen LogP contribution in [0.1, 0.15) is 40.4 Å². The van der Waals surface area contributed by atoms with E-state index in [-0.39, 0.29) is 17.6 Å². The molecule has 1 aliphatic rings. The fourth-order valence-corrected chi connectivity index (χ4v) is 3.86. The number of nitrogens with one attached hydrogen (secondary N) is 2. The van der Waals surface area contributed by atoms with Gasteiger partial charge in [0.05, 0.1) is 23.1 Å². The van der Waals surface area contributed by atoms with Crippen LogP contribution in [0.25, 0.3) is 5.69 Å². The zero-order valence-electron chi connectivity index (χ0n) is 16.1. The lowest BCUT2D eigenvalue weighted by Crippen LogP contribution is -2.29. The van der Waals surface area contributed by atoms with Crippen molar-refractivity contribution in [2.24, 2.45) is 0 Å². The molecule has 0 unspecified atom stereocenters. The van der Waals surface area contributed by atoms with Gasteiger partial charge in [-0.15, -0.1) is 0 Å². The molecule has 0 radical (unpaired) electrons. The van der Waals surface area contributed by atoms with Gasteiger partial charge in [-0.05, 0) is 74.8 Å². The first-order chi connectivity index (χ1) is 14.0. The molecular formula is C22H22ClFN4O. The second-order valence-electron chi connectivity index (χ2n) is 7.27. The molecular weight excluding hydrogens is 391 g/mol. The van der Waals surface area contributed by atoms with E-state index in [0.29, 0.717) is 16.3 Å². The number of hydrogen-bond acceptors (Lipinski definition) is 3. The number of carbonyl (C=O) groups excluding carboxylic acids is 1. The molecule has 150 valence electrons. The molecule has 0 atom stereocenters. The molecule has 2 N–H and O–H groups in total. The summed E-state index contributed by atoms with van der Waals surface area (Å²) in [7, 11) is 0. The van der Waals surface area contributed by atoms with Crippen molar-refractivity contribution in [1.82, 2.24) is 15.1 Å². The summed E-state index contributed by atoms with van der Waals surface area (Å²) in [5.74, 6) is -0.350. The van der Waals surface area contributed by atoms with Crippen molar-refractivity contribution in [3.8, 4) is 5.69 Å². The lowest BCUT2D eigenvalue weighted by Gasteiger charge is -2.24. The number of carbonyl (C=O) groups is 1. The van der Waals surface area contributed by atoms with Gasteiger partial charge in [0.15, 0.2) is 0 Å². The van der Waals surface area contributed by atoms with Gasteiger partial charge >= 0.3 is 0 Å². The predicted molar refractivity (Wildman–Crippen MR) is 113 cm³/mol. The van der Waals surface area contributed by atoms with Crippen molar-refractivity contribution in [1.29, 1.82) is 0 Å². The molecule has 0 spiro atoms. The topological polar surface area (TPSA) is 59.0 Å². The highest BCUT2D eigenvalue weighted by atomic mass is 35.5. The molecule has 0 bridgehead atoms. The number of nitrogens with zero attached hydrogens (tertiary/aromatic N) is 2. The minimum atomic E-state index is -0.307. The van der Waals surface area contributed by atoms with E-state index < -0.39 is 0 Å². The van der Waals surface area contributed by atoms with E-state index in [1.54, 1.807) is 29.1 Å². The fraction of sp³-hybridized carbons (Fsp3) is 0.273. The van der Waals surface area contributed by atoms with Gasteiger partial charge in [0.25, 0.3) is 5.91 Å². The molecule has 4 rings (SSSR count). The summed E-state index contributed by atoms with van der Waals surface area (Å²) in [6.45, 7) is 3.68. The van der Waals surface area contributed by atoms with Crippen molar-refractivity contribution in [3.05, 3.63) is 76.3 Å². The second-order valence-corrected chi connectivity index (χ2v) is 7.68. The first-order valence-electron chi connectivity index (χ1n) is 9.65. The first-order valence-corrected chi connectivity index (χ1v) is 10.0. The molecule has 1 aliphatic heterocycles. The van der Waals surface area contributed by atoms with Crippen molar-refractivity contribution in [3.63, 3.8) is 0 Å². The first kappa shape index (κ1) is 19.6. The van der Waals surface area contributed by atoms with E-state index in [9.17, 15) is 9.18 Å². The van der Waals surface area contributed by atoms with Crippen LogP contribution in [-0.2, 0) is 0 Å². The second kappa shape index (κ2) is 8.35. The third-order valence-electron chi connectivity index (χ3n) is 5.28. The Labute approximate surface area is 173 Å². The Morgan fingerprint density at radius 3 is 2.62 bits per heavy atom. The summed E-state index contributed by atoms with van der Waals surface area (Å²) in [5, 5.41) is 11.3. The summed E-state index contributed by atoms with van der Waals surface area (Å²) in [4.78, 5) is 13.1. The van der Waals surface area contributed by atoms with Gasteiger partial charge in [-0.3, -0.25) is 4.79 Å². The zero-order chi connectivity index (χ0) is 20.4. The average molecular weight is 413 g/mol. The highest BCUT2D eigenvalue weighted by molar-refractivity contribution is 6.31. The highest BCUT2D eigenvalue weighted by Crippen LogP contribution is 2.31. The Morgan fingerprint density at radius 2 is 1.93 bits per heavy atom. The van der Waals surface area contributed by atoms with E-state index in [1.807, 2.05) is 19.1 Å². The Hall–Kier alpha value is -2.70. The molecule has 5 nitrogen and oxygen atoms in total. The maximum Gasteiger partial charge on any atom is 0.259 e. The molecule has 0 aliphatic carbocycles. The van der Waals surface area contributed by atoms with Gasteiger partial charge in [0, 0.05) is 16.6 Å². The third-order valence-corrected chi connectivity index (χ3v) is 5.69. The third kappa shape index (κ3) is 4.18. The normalized spacial score (nSPS) is 14.7. The van der Waals surface area contributed by atoms with Gasteiger partial charge in [0.1, 0.15) is 5.82 Å². The minimum Gasteiger partial charge on any atom is -0.322 e. The monoisotopic (exact) mass is 412 g/mol. The van der Waals surface area contributed by atoms with Crippen molar-refractivity contribution >= 4 is 23.2 Å². The Morgan fingerprint density at radius 1 is 1.21 bits per heavy atom. The van der Waals surface area contributed by atoms with Crippen LogP contribution in [0.15, 0.2) is 48.7 Å². The summed E-state index contributed by atoms with van der Waals surface area (Å²) in [5.41, 5.74) is 3.70. The molecule has 0 saturated carbocycles. The van der Waals surface area contributed by atoms with Crippen molar-refractivity contribution < 1.29 is 9.18 Å². The molecule has 2 heterocycles. The van der Waals surface area contributed by atoms with E-state index >= 15 is 0 Å². The summed E-state index contributed by atoms with van der Waals surface area (Å²) >= 11 is 6.19. The van der Waals surface area contributed by atoms with Gasteiger partial charge in [-0.1, -0.05) is 17.7 Å². The van der Waals surface area contributed by atoms with Crippen LogP contribution in [0.2, 0.25) is 5.02 Å². The summed E-state index contributed by atoms with van der Waals surface area (Å²) < 4.78 is 15.1. The molecule has 2 aromatic carbocycles. The van der Waals surface area contributed by atoms with Gasteiger partial charge in [-0.25, -0.2) is 9.07 Å². The number of amides is 1. The Bertz CT molecular complexity index is 1030. The molecule has 1 saturated heterocycles. The van der Waals surface area contributed by atoms with Crippen LogP contribution in [0.3, 0.4) is 0 Å². The number of piperidine rings is 1. The number of hydrogen-bond donors (Lipinski definition) is 2. The minimum absolute atomic E-state index is 0.186. The summed E-state index contributed by atoms with van der Waals surface area (Å²) in [6, 6.07) is 11.6. The molecule has 29 heavy (non-hydrogen) atoms. The molecule has 1 aromatic heterocycles. The number of aryl methyl sites for hydroxylation is 1. The van der Waals surface area contributed by atoms with Gasteiger partial charge in [0.2, 0.25) is 0 Å².